The number of primary amides is 1. The van der Waals surface area contributed by atoms with Crippen molar-refractivity contribution in [3.05, 3.63) is 126 Å². The standard InChI is InChI=1S/C59H76N16O10/c1-3-4-24-74-33-50(77)68-45(29-39-32-63-34-66-39)56(83)70-43(26-36-15-7-5-8-16-36)54(81)69-42(21-13-23-64-59(61)62)52(79)71-44(28-38-31-65-41-20-12-11-19-40(38)41)55(82)72-46(30-49(60)76)53(80)67-35(2)51(78)73-47(27-37-17-9-6-10-18-37)57(84)75-25-14-22-48(75)58(74)85/h5-12,15-20,31-32,34-35,42-48,65H,3-4,13-14,21-30,33H2,1-2H3,(H2,60,76)(H,63,66)(H,67,80)(H,68,77)(H,69,81)(H,70,83)(H,71,79)(H,72,82)(H,73,78)(H4,61,62,64)/t35-,42-,43+,44-,45-,46-,47-,48+/m0/s1. The van der Waals surface area contributed by atoms with Crippen LogP contribution in [0.15, 0.2) is 109 Å². The first-order valence-corrected chi connectivity index (χ1v) is 28.5. The summed E-state index contributed by atoms with van der Waals surface area (Å²) in [5, 5.41) is 19.6. The van der Waals surface area contributed by atoms with Crippen molar-refractivity contribution in [1.82, 2.24) is 62.0 Å². The van der Waals surface area contributed by atoms with Gasteiger partial charge in [-0.15, -0.1) is 0 Å². The number of guanidine groups is 1. The van der Waals surface area contributed by atoms with Crippen molar-refractivity contribution in [3.63, 3.8) is 0 Å². The number of carbonyl (C=O) groups is 10. The number of benzene rings is 3. The zero-order valence-electron chi connectivity index (χ0n) is 47.6. The smallest absolute Gasteiger partial charge is 0.246 e. The van der Waals surface area contributed by atoms with Gasteiger partial charge in [0.05, 0.1) is 19.3 Å². The number of carbonyl (C=O) groups excluding carboxylic acids is 10. The summed E-state index contributed by atoms with van der Waals surface area (Å²) in [4.78, 5) is 161. The van der Waals surface area contributed by atoms with E-state index in [1.54, 1.807) is 91.1 Å². The van der Waals surface area contributed by atoms with Crippen molar-refractivity contribution in [2.45, 2.75) is 133 Å². The van der Waals surface area contributed by atoms with Crippen molar-refractivity contribution in [3.8, 4) is 0 Å². The Morgan fingerprint density at radius 1 is 0.624 bits per heavy atom. The van der Waals surface area contributed by atoms with Crippen LogP contribution in [0.4, 0.5) is 0 Å². The van der Waals surface area contributed by atoms with Crippen LogP contribution in [0.5, 0.6) is 0 Å². The van der Waals surface area contributed by atoms with Gasteiger partial charge in [0, 0.05) is 74.3 Å². The quantitative estimate of drug-likeness (QED) is 0.0307. The van der Waals surface area contributed by atoms with E-state index in [1.807, 2.05) is 6.92 Å². The van der Waals surface area contributed by atoms with Crippen molar-refractivity contribution in [2.75, 3.05) is 26.2 Å². The van der Waals surface area contributed by atoms with Gasteiger partial charge in [0.25, 0.3) is 0 Å². The molecular formula is C59H76N16O10. The molecule has 452 valence electrons. The number of aromatic nitrogens is 3. The van der Waals surface area contributed by atoms with Crippen LogP contribution in [0.1, 0.15) is 81.2 Å². The summed E-state index contributed by atoms with van der Waals surface area (Å²) in [6, 6.07) is 13.5. The van der Waals surface area contributed by atoms with Gasteiger partial charge in [0.2, 0.25) is 59.1 Å². The number of amides is 10. The molecule has 85 heavy (non-hydrogen) atoms. The summed E-state index contributed by atoms with van der Waals surface area (Å²) in [5.74, 6) is -8.43. The lowest BCUT2D eigenvalue weighted by Crippen LogP contribution is -2.61. The summed E-state index contributed by atoms with van der Waals surface area (Å²) in [7, 11) is 0. The number of hydrogen-bond donors (Lipinski definition) is 12. The van der Waals surface area contributed by atoms with Gasteiger partial charge in [-0.2, -0.15) is 0 Å². The molecule has 10 amide bonds. The summed E-state index contributed by atoms with van der Waals surface area (Å²) >= 11 is 0. The van der Waals surface area contributed by atoms with Crippen LogP contribution in [-0.2, 0) is 73.6 Å². The first-order chi connectivity index (χ1) is 40.9. The number of nitrogens with one attached hydrogen (secondary N) is 9. The normalized spacial score (nSPS) is 22.9. The first-order valence-electron chi connectivity index (χ1n) is 28.5. The molecule has 7 rings (SSSR count). The number of aromatic amines is 2. The molecule has 3 aromatic carbocycles. The third-order valence-corrected chi connectivity index (χ3v) is 14.8. The molecule has 2 aromatic heterocycles. The van der Waals surface area contributed by atoms with E-state index in [1.165, 1.54) is 29.2 Å². The Labute approximate surface area is 491 Å². The highest BCUT2D eigenvalue weighted by atomic mass is 16.2. The van der Waals surface area contributed by atoms with E-state index in [-0.39, 0.29) is 70.5 Å². The minimum absolute atomic E-state index is 0.0190. The average Bonchev–Trinajstić information content (AvgIpc) is 3.69. The average molecular weight is 1170 g/mol. The molecule has 2 aliphatic heterocycles. The maximum Gasteiger partial charge on any atom is 0.246 e. The lowest BCUT2D eigenvalue weighted by molar-refractivity contribution is -0.147. The molecule has 26 nitrogen and oxygen atoms in total. The summed E-state index contributed by atoms with van der Waals surface area (Å²) in [5.41, 5.74) is 19.9. The third kappa shape index (κ3) is 18.2. The predicted molar refractivity (Wildman–Crippen MR) is 314 cm³/mol. The Morgan fingerprint density at radius 2 is 1.20 bits per heavy atom. The van der Waals surface area contributed by atoms with Crippen molar-refractivity contribution >= 4 is 75.9 Å². The third-order valence-electron chi connectivity index (χ3n) is 14.8. The molecule has 0 saturated carbocycles. The second-order valence-corrected chi connectivity index (χ2v) is 21.3. The SMILES string of the molecule is CCCCN1CC(=O)N[C@@H](Cc2cnc[nH]2)C(=O)N[C@H](Cc2ccccc2)C(=O)N[C@@H](CCCN=C(N)N)C(=O)N[C@@H](Cc2c[nH]c3ccccc23)C(=O)N[C@@H](CC(N)=O)C(=O)N[C@@H](C)C(=O)N[C@@H](Cc2ccccc2)C(=O)N2CCC[C@@H]2C1=O. The lowest BCUT2D eigenvalue weighted by Gasteiger charge is -2.33. The highest BCUT2D eigenvalue weighted by Gasteiger charge is 2.41. The maximum atomic E-state index is 14.9. The Morgan fingerprint density at radius 3 is 1.84 bits per heavy atom. The van der Waals surface area contributed by atoms with Crippen LogP contribution in [0.3, 0.4) is 0 Å². The molecule has 5 aromatic rings. The molecule has 0 radical (unpaired) electrons. The molecule has 2 aliphatic rings. The largest absolute Gasteiger partial charge is 0.370 e. The summed E-state index contributed by atoms with van der Waals surface area (Å²) < 4.78 is 0. The maximum absolute atomic E-state index is 14.9. The number of rotatable bonds is 17. The van der Waals surface area contributed by atoms with Crippen LogP contribution in [-0.4, -0.2) is 164 Å². The fraction of sp³-hybridized carbons (Fsp3) is 0.424. The Kier molecular flexibility index (Phi) is 22.7. The number of H-pyrrole nitrogens is 2. The van der Waals surface area contributed by atoms with Crippen molar-refractivity contribution in [2.24, 2.45) is 22.2 Å². The van der Waals surface area contributed by atoms with Crippen molar-refractivity contribution in [1.29, 1.82) is 0 Å². The van der Waals surface area contributed by atoms with Crippen LogP contribution >= 0.6 is 0 Å². The number of imidazole rings is 1. The number of unbranched alkanes of at least 4 members (excludes halogenated alkanes) is 1. The molecule has 26 heteroatoms. The molecule has 8 atom stereocenters. The zero-order valence-corrected chi connectivity index (χ0v) is 47.6. The number of nitrogens with two attached hydrogens (primary N) is 3. The number of hydrogen-bond acceptors (Lipinski definition) is 12. The van der Waals surface area contributed by atoms with E-state index >= 15 is 0 Å². The molecule has 0 aliphatic carbocycles. The lowest BCUT2D eigenvalue weighted by atomic mass is 10.0. The Hall–Kier alpha value is -9.62. The number of fused-ring (bicyclic) bond motifs is 2. The summed E-state index contributed by atoms with van der Waals surface area (Å²) in [6.45, 7) is 2.99. The van der Waals surface area contributed by atoms with Gasteiger partial charge in [-0.1, -0.05) is 92.2 Å². The van der Waals surface area contributed by atoms with E-state index < -0.39 is 120 Å². The zero-order chi connectivity index (χ0) is 61.0. The highest BCUT2D eigenvalue weighted by Crippen LogP contribution is 2.23. The summed E-state index contributed by atoms with van der Waals surface area (Å²) in [6.07, 6.45) is 5.03. The molecule has 0 unspecified atom stereocenters. The topological polar surface area (TPSA) is 396 Å². The second-order valence-electron chi connectivity index (χ2n) is 21.3. The molecule has 0 spiro atoms. The van der Waals surface area contributed by atoms with E-state index in [0.717, 1.165) is 0 Å². The molecule has 15 N–H and O–H groups in total. The van der Waals surface area contributed by atoms with Crippen LogP contribution in [0.2, 0.25) is 0 Å². The van der Waals surface area contributed by atoms with Crippen LogP contribution < -0.4 is 54.4 Å². The van der Waals surface area contributed by atoms with Gasteiger partial charge >= 0.3 is 0 Å². The Balaban J connectivity index is 1.30. The van der Waals surface area contributed by atoms with E-state index in [4.69, 9.17) is 17.2 Å². The van der Waals surface area contributed by atoms with Gasteiger partial charge in [0.15, 0.2) is 5.96 Å². The van der Waals surface area contributed by atoms with Crippen LogP contribution in [0.25, 0.3) is 10.9 Å². The van der Waals surface area contributed by atoms with Gasteiger partial charge in [-0.25, -0.2) is 4.98 Å². The van der Waals surface area contributed by atoms with Gasteiger partial charge in [-0.05, 0) is 61.8 Å². The highest BCUT2D eigenvalue weighted by molar-refractivity contribution is 6.00. The molecule has 4 heterocycles. The fourth-order valence-corrected chi connectivity index (χ4v) is 10.3. The number of nitrogens with zero attached hydrogens (tertiary/aromatic N) is 4. The molecular weight excluding hydrogens is 1090 g/mol. The molecule has 2 fully saturated rings. The monoisotopic (exact) mass is 1170 g/mol. The van der Waals surface area contributed by atoms with Crippen molar-refractivity contribution < 1.29 is 47.9 Å². The van der Waals surface area contributed by atoms with Gasteiger partial charge < -0.3 is 74.2 Å². The van der Waals surface area contributed by atoms with Crippen LogP contribution in [0, 0.1) is 0 Å². The first kappa shape index (κ1) is 63.0. The fourth-order valence-electron chi connectivity index (χ4n) is 10.3. The van der Waals surface area contributed by atoms with E-state index in [0.29, 0.717) is 52.5 Å². The van der Waals surface area contributed by atoms with E-state index in [9.17, 15) is 47.9 Å². The minimum atomic E-state index is -1.71. The predicted octanol–water partition coefficient (Wildman–Crippen LogP) is -0.863. The second kappa shape index (κ2) is 30.6. The minimum Gasteiger partial charge on any atom is -0.370 e. The number of aliphatic imine (C=N–C) groups is 1. The molecule has 0 bridgehead atoms. The Bertz CT molecular complexity index is 3170. The van der Waals surface area contributed by atoms with Gasteiger partial charge in [-0.3, -0.25) is 52.9 Å². The molecule has 2 saturated heterocycles. The number of para-hydroxylation sites is 1. The van der Waals surface area contributed by atoms with Gasteiger partial charge in [0.1, 0.15) is 48.3 Å². The van der Waals surface area contributed by atoms with E-state index in [2.05, 4.69) is 57.2 Å².